The molecule has 0 saturated heterocycles. The summed E-state index contributed by atoms with van der Waals surface area (Å²) in [5, 5.41) is 24.5. The molecule has 9 nitrogen and oxygen atoms in total. The number of nitro benzene ring substituents is 2. The summed E-state index contributed by atoms with van der Waals surface area (Å²) in [6.07, 6.45) is 1.10. The van der Waals surface area contributed by atoms with Crippen LogP contribution >= 0.6 is 0 Å². The summed E-state index contributed by atoms with van der Waals surface area (Å²) >= 11 is 0. The predicted octanol–water partition coefficient (Wildman–Crippen LogP) is 4.56. The van der Waals surface area contributed by atoms with E-state index in [9.17, 15) is 29.8 Å². The highest BCUT2D eigenvalue weighted by Gasteiger charge is 2.17. The van der Waals surface area contributed by atoms with E-state index in [0.717, 1.165) is 6.08 Å². The summed E-state index contributed by atoms with van der Waals surface area (Å²) in [6, 6.07) is 18.7. The maximum Gasteiger partial charge on any atom is 0.269 e. The highest BCUT2D eigenvalue weighted by atomic mass is 16.6. The van der Waals surface area contributed by atoms with Crippen molar-refractivity contribution in [2.75, 3.05) is 5.32 Å². The number of non-ortho nitro benzene ring substituents is 2. The molecule has 0 atom stereocenters. The van der Waals surface area contributed by atoms with Gasteiger partial charge in [-0.3, -0.25) is 29.8 Å². The number of nitrogens with one attached hydrogen (secondary N) is 1. The van der Waals surface area contributed by atoms with Gasteiger partial charge in [-0.25, -0.2) is 0 Å². The van der Waals surface area contributed by atoms with Crippen molar-refractivity contribution in [1.82, 2.24) is 0 Å². The number of hydrogen-bond donors (Lipinski definition) is 1. The summed E-state index contributed by atoms with van der Waals surface area (Å²) in [5.41, 5.74) is 0.486. The molecule has 154 valence electrons. The van der Waals surface area contributed by atoms with Crippen molar-refractivity contribution in [1.29, 1.82) is 0 Å². The Morgan fingerprint density at radius 1 is 0.710 bits per heavy atom. The molecule has 0 saturated carbocycles. The first kappa shape index (κ1) is 21.1. The van der Waals surface area contributed by atoms with E-state index in [2.05, 4.69) is 5.32 Å². The molecule has 0 radical (unpaired) electrons. The van der Waals surface area contributed by atoms with Crippen LogP contribution in [0.4, 0.5) is 17.1 Å². The van der Waals surface area contributed by atoms with Gasteiger partial charge in [0.1, 0.15) is 0 Å². The van der Waals surface area contributed by atoms with Gasteiger partial charge in [-0.2, -0.15) is 0 Å². The lowest BCUT2D eigenvalue weighted by Gasteiger charge is -2.10. The predicted molar refractivity (Wildman–Crippen MR) is 113 cm³/mol. The van der Waals surface area contributed by atoms with Gasteiger partial charge in [0, 0.05) is 47.2 Å². The van der Waals surface area contributed by atoms with Crippen molar-refractivity contribution in [2.45, 2.75) is 0 Å². The molecule has 0 amide bonds. The third-order valence-electron chi connectivity index (χ3n) is 4.28. The fraction of sp³-hybridized carbons (Fsp3) is 0. The summed E-state index contributed by atoms with van der Waals surface area (Å²) in [6.45, 7) is 0. The number of para-hydroxylation sites is 1. The number of carbonyl (C=O) groups is 2. The molecule has 0 aromatic heterocycles. The van der Waals surface area contributed by atoms with Crippen molar-refractivity contribution < 1.29 is 19.4 Å². The standard InChI is InChI=1S/C22H15N3O6/c26-21(15-6-10-18(11-7-15)24(28)29)14-20(23-17-4-2-1-3-5-17)22(27)16-8-12-19(13-9-16)25(30)31/h1-14,23H/b20-14-. The average molecular weight is 417 g/mol. The Labute approximate surface area is 175 Å². The van der Waals surface area contributed by atoms with Crippen LogP contribution in [0.25, 0.3) is 0 Å². The van der Waals surface area contributed by atoms with Crippen molar-refractivity contribution in [3.63, 3.8) is 0 Å². The molecule has 0 aliphatic carbocycles. The van der Waals surface area contributed by atoms with E-state index in [4.69, 9.17) is 0 Å². The van der Waals surface area contributed by atoms with Crippen LogP contribution in [-0.4, -0.2) is 21.4 Å². The Morgan fingerprint density at radius 3 is 1.68 bits per heavy atom. The largest absolute Gasteiger partial charge is 0.352 e. The van der Waals surface area contributed by atoms with E-state index >= 15 is 0 Å². The number of allylic oxidation sites excluding steroid dienone is 2. The zero-order chi connectivity index (χ0) is 22.4. The normalized spacial score (nSPS) is 10.9. The zero-order valence-corrected chi connectivity index (χ0v) is 15.9. The summed E-state index contributed by atoms with van der Waals surface area (Å²) < 4.78 is 0. The van der Waals surface area contributed by atoms with Crippen molar-refractivity contribution in [2.24, 2.45) is 0 Å². The van der Waals surface area contributed by atoms with Gasteiger partial charge < -0.3 is 5.32 Å². The van der Waals surface area contributed by atoms with Crippen molar-refractivity contribution >= 4 is 28.6 Å². The molecule has 0 bridgehead atoms. The maximum atomic E-state index is 13.0. The number of carbonyl (C=O) groups excluding carboxylic acids is 2. The highest BCUT2D eigenvalue weighted by molar-refractivity contribution is 6.16. The summed E-state index contributed by atoms with van der Waals surface area (Å²) in [5.74, 6) is -1.09. The maximum absolute atomic E-state index is 13.0. The van der Waals surface area contributed by atoms with Gasteiger partial charge in [0.2, 0.25) is 5.78 Å². The fourth-order valence-corrected chi connectivity index (χ4v) is 2.69. The van der Waals surface area contributed by atoms with Crippen LogP contribution in [0.2, 0.25) is 0 Å². The Morgan fingerprint density at radius 2 is 1.19 bits per heavy atom. The second-order valence-corrected chi connectivity index (χ2v) is 6.35. The Kier molecular flexibility index (Phi) is 6.27. The number of rotatable bonds is 8. The Balaban J connectivity index is 1.94. The fourth-order valence-electron chi connectivity index (χ4n) is 2.69. The molecule has 0 heterocycles. The molecule has 0 fully saturated rings. The highest BCUT2D eigenvalue weighted by Crippen LogP contribution is 2.19. The van der Waals surface area contributed by atoms with Gasteiger partial charge in [0.25, 0.3) is 11.4 Å². The number of nitrogens with zero attached hydrogens (tertiary/aromatic N) is 2. The zero-order valence-electron chi connectivity index (χ0n) is 15.9. The molecule has 3 rings (SSSR count). The molecule has 0 aliphatic rings. The second-order valence-electron chi connectivity index (χ2n) is 6.35. The molecular formula is C22H15N3O6. The topological polar surface area (TPSA) is 132 Å². The van der Waals surface area contributed by atoms with Crippen molar-refractivity contribution in [3.05, 3.63) is 122 Å². The van der Waals surface area contributed by atoms with E-state index < -0.39 is 21.4 Å². The average Bonchev–Trinajstić information content (AvgIpc) is 2.79. The molecule has 1 N–H and O–H groups in total. The minimum absolute atomic E-state index is 0.0524. The van der Waals surface area contributed by atoms with E-state index in [1.54, 1.807) is 30.3 Å². The van der Waals surface area contributed by atoms with Crippen LogP contribution in [0.3, 0.4) is 0 Å². The molecule has 0 spiro atoms. The Hall–Kier alpha value is -4.66. The lowest BCUT2D eigenvalue weighted by Crippen LogP contribution is -2.14. The number of benzene rings is 3. The minimum atomic E-state index is -0.579. The third-order valence-corrected chi connectivity index (χ3v) is 4.28. The SMILES string of the molecule is O=C(/C=C(\Nc1ccccc1)C(=O)c1ccc([N+](=O)[O-])cc1)c1ccc([N+](=O)[O-])cc1. The van der Waals surface area contributed by atoms with Gasteiger partial charge in [0.05, 0.1) is 15.5 Å². The van der Waals surface area contributed by atoms with Gasteiger partial charge >= 0.3 is 0 Å². The molecule has 0 aliphatic heterocycles. The van der Waals surface area contributed by atoms with E-state index in [-0.39, 0.29) is 28.2 Å². The lowest BCUT2D eigenvalue weighted by atomic mass is 10.0. The minimum Gasteiger partial charge on any atom is -0.352 e. The smallest absolute Gasteiger partial charge is 0.269 e. The molecule has 3 aromatic carbocycles. The first-order chi connectivity index (χ1) is 14.8. The lowest BCUT2D eigenvalue weighted by molar-refractivity contribution is -0.385. The van der Waals surface area contributed by atoms with Crippen LogP contribution in [0.1, 0.15) is 20.7 Å². The number of anilines is 1. The van der Waals surface area contributed by atoms with Crippen LogP contribution < -0.4 is 5.32 Å². The van der Waals surface area contributed by atoms with Gasteiger partial charge in [-0.15, -0.1) is 0 Å². The van der Waals surface area contributed by atoms with Gasteiger partial charge in [-0.1, -0.05) is 18.2 Å². The molecular weight excluding hydrogens is 402 g/mol. The molecule has 3 aromatic rings. The number of nitro groups is 2. The second kappa shape index (κ2) is 9.23. The quantitative estimate of drug-likeness (QED) is 0.246. The first-order valence-electron chi connectivity index (χ1n) is 8.97. The van der Waals surface area contributed by atoms with Crippen LogP contribution in [0.15, 0.2) is 90.6 Å². The van der Waals surface area contributed by atoms with Gasteiger partial charge in [-0.05, 0) is 36.4 Å². The van der Waals surface area contributed by atoms with Crippen LogP contribution in [0, 0.1) is 20.2 Å². The number of hydrogen-bond acceptors (Lipinski definition) is 7. The van der Waals surface area contributed by atoms with E-state index in [1.165, 1.54) is 48.5 Å². The first-order valence-corrected chi connectivity index (χ1v) is 8.97. The third kappa shape index (κ3) is 5.24. The molecule has 0 unspecified atom stereocenters. The van der Waals surface area contributed by atoms with Crippen LogP contribution in [0.5, 0.6) is 0 Å². The van der Waals surface area contributed by atoms with E-state index in [0.29, 0.717) is 5.69 Å². The summed E-state index contributed by atoms with van der Waals surface area (Å²) in [7, 11) is 0. The van der Waals surface area contributed by atoms with Crippen molar-refractivity contribution in [3.8, 4) is 0 Å². The number of ketones is 2. The monoisotopic (exact) mass is 417 g/mol. The number of Topliss-reactive ketones (excluding diaryl/α,β-unsaturated/α-hetero) is 1. The molecule has 31 heavy (non-hydrogen) atoms. The van der Waals surface area contributed by atoms with E-state index in [1.807, 2.05) is 0 Å². The van der Waals surface area contributed by atoms with Crippen LogP contribution in [-0.2, 0) is 0 Å². The summed E-state index contributed by atoms with van der Waals surface area (Å²) in [4.78, 5) is 46.1. The molecule has 9 heteroatoms. The van der Waals surface area contributed by atoms with Gasteiger partial charge in [0.15, 0.2) is 5.78 Å². The Bertz CT molecular complexity index is 1170.